The summed E-state index contributed by atoms with van der Waals surface area (Å²) >= 11 is 1.43. The van der Waals surface area contributed by atoms with Crippen LogP contribution in [0.4, 0.5) is 0 Å². The first-order valence-corrected chi connectivity index (χ1v) is 11.5. The fourth-order valence-electron chi connectivity index (χ4n) is 3.49. The summed E-state index contributed by atoms with van der Waals surface area (Å²) in [6.45, 7) is 5.52. The number of carbonyl (C=O) groups is 1. The summed E-state index contributed by atoms with van der Waals surface area (Å²) in [6, 6.07) is 4.13. The highest BCUT2D eigenvalue weighted by Crippen LogP contribution is 2.47. The lowest BCUT2D eigenvalue weighted by atomic mass is 9.85. The van der Waals surface area contributed by atoms with Crippen LogP contribution < -0.4 is 4.74 Å². The summed E-state index contributed by atoms with van der Waals surface area (Å²) in [7, 11) is -3.45. The minimum atomic E-state index is -3.45. The lowest BCUT2D eigenvalue weighted by Crippen LogP contribution is -2.55. The molecule has 0 amide bonds. The van der Waals surface area contributed by atoms with E-state index in [1.807, 2.05) is 18.7 Å². The second kappa shape index (κ2) is 7.29. The van der Waals surface area contributed by atoms with Crippen molar-refractivity contribution < 1.29 is 22.7 Å². The fraction of sp³-hybridized carbons (Fsp3) is 0.500. The van der Waals surface area contributed by atoms with Crippen LogP contribution in [-0.4, -0.2) is 54.7 Å². The molecule has 0 unspecified atom stereocenters. The van der Waals surface area contributed by atoms with Crippen LogP contribution in [0.1, 0.15) is 32.4 Å². The number of rotatable bonds is 3. The Balaban J connectivity index is 2.22. The minimum absolute atomic E-state index is 0.145. The van der Waals surface area contributed by atoms with Gasteiger partial charge >= 0.3 is 5.97 Å². The second-order valence-electron chi connectivity index (χ2n) is 7.19. The molecule has 2 atom stereocenters. The Morgan fingerprint density at radius 1 is 1.46 bits per heavy atom. The number of amidine groups is 1. The maximum absolute atomic E-state index is 12.1. The molecule has 1 saturated heterocycles. The van der Waals surface area contributed by atoms with Crippen molar-refractivity contribution in [3.8, 4) is 11.9 Å². The third-order valence-corrected chi connectivity index (χ3v) is 6.74. The monoisotopic (exact) mass is 423 g/mol. The van der Waals surface area contributed by atoms with Crippen molar-refractivity contribution in [2.45, 2.75) is 43.4 Å². The Hall–Kier alpha value is -2.25. The molecule has 28 heavy (non-hydrogen) atoms. The van der Waals surface area contributed by atoms with E-state index in [1.165, 1.54) is 24.8 Å². The van der Waals surface area contributed by atoms with Gasteiger partial charge in [0, 0.05) is 31.0 Å². The van der Waals surface area contributed by atoms with Crippen molar-refractivity contribution in [3.05, 3.63) is 23.8 Å². The Bertz CT molecular complexity index is 981. The Kier molecular flexibility index (Phi) is 5.34. The maximum atomic E-state index is 12.1. The van der Waals surface area contributed by atoms with Crippen molar-refractivity contribution >= 4 is 32.7 Å². The van der Waals surface area contributed by atoms with Crippen LogP contribution in [-0.2, 0) is 19.4 Å². The molecule has 10 heteroatoms. The van der Waals surface area contributed by atoms with Gasteiger partial charge in [-0.2, -0.15) is 5.26 Å². The van der Waals surface area contributed by atoms with Crippen molar-refractivity contribution in [1.29, 1.82) is 5.26 Å². The van der Waals surface area contributed by atoms with Crippen LogP contribution >= 0.6 is 11.8 Å². The Morgan fingerprint density at radius 3 is 2.79 bits per heavy atom. The van der Waals surface area contributed by atoms with Gasteiger partial charge in [0.05, 0.1) is 4.90 Å². The highest BCUT2D eigenvalue weighted by atomic mass is 32.2. The molecule has 1 aromatic rings. The molecule has 0 N–H and O–H groups in total. The summed E-state index contributed by atoms with van der Waals surface area (Å²) in [6.07, 6.45) is 2.21. The number of nitrogens with zero attached hydrogens (tertiary/aromatic N) is 3. The molecule has 0 saturated carbocycles. The molecule has 2 heterocycles. The molecular weight excluding hydrogens is 402 g/mol. The molecule has 1 aromatic carbocycles. The number of carbonyl (C=O) groups excluding carboxylic acids is 1. The lowest BCUT2D eigenvalue weighted by Gasteiger charge is -2.47. The predicted molar refractivity (Wildman–Crippen MR) is 105 cm³/mol. The molecule has 150 valence electrons. The number of hydrogen-bond acceptors (Lipinski definition) is 8. The number of hydrogen-bond donors (Lipinski definition) is 0. The van der Waals surface area contributed by atoms with Gasteiger partial charge in [-0.05, 0) is 32.0 Å². The first kappa shape index (κ1) is 20.5. The molecule has 3 rings (SSSR count). The first-order valence-electron chi connectivity index (χ1n) is 8.61. The number of fused-ring (bicyclic) bond motifs is 1. The van der Waals surface area contributed by atoms with E-state index in [0.717, 1.165) is 6.26 Å². The molecule has 2 aliphatic rings. The lowest BCUT2D eigenvalue weighted by molar-refractivity contribution is -0.166. The van der Waals surface area contributed by atoms with Crippen LogP contribution in [0.3, 0.4) is 0 Å². The molecule has 0 bridgehead atoms. The van der Waals surface area contributed by atoms with Gasteiger partial charge in [0.2, 0.25) is 6.19 Å². The van der Waals surface area contributed by atoms with E-state index in [1.54, 1.807) is 18.3 Å². The molecule has 0 spiro atoms. The molecule has 2 aliphatic heterocycles. The first-order chi connectivity index (χ1) is 13.0. The second-order valence-corrected chi connectivity index (χ2v) is 10.3. The summed E-state index contributed by atoms with van der Waals surface area (Å²) in [5, 5.41) is 9.55. The molecule has 1 fully saturated rings. The van der Waals surface area contributed by atoms with E-state index in [0.29, 0.717) is 28.8 Å². The highest BCUT2D eigenvalue weighted by Gasteiger charge is 2.50. The normalized spacial score (nSPS) is 25.0. The third kappa shape index (κ3) is 3.82. The van der Waals surface area contributed by atoms with Gasteiger partial charge in [-0.3, -0.25) is 4.79 Å². The summed E-state index contributed by atoms with van der Waals surface area (Å²) in [5.41, 5.74) is -0.289. The third-order valence-electron chi connectivity index (χ3n) is 4.66. The van der Waals surface area contributed by atoms with Crippen molar-refractivity contribution in [3.63, 3.8) is 0 Å². The SMILES string of the molecule is CC(=O)O[C@@H]1[C@@H](N2CCS/C2=N/C#N)c2cc(S(C)(=O)=O)ccc2OC1(C)C. The average molecular weight is 424 g/mol. The van der Waals surface area contributed by atoms with E-state index >= 15 is 0 Å². The number of benzene rings is 1. The summed E-state index contributed by atoms with van der Waals surface area (Å²) < 4.78 is 35.9. The molecule has 0 aromatic heterocycles. The summed E-state index contributed by atoms with van der Waals surface area (Å²) in [5.74, 6) is 0.755. The van der Waals surface area contributed by atoms with E-state index in [9.17, 15) is 13.2 Å². The fourth-order valence-corrected chi connectivity index (χ4v) is 5.10. The van der Waals surface area contributed by atoms with Gasteiger partial charge in [0.25, 0.3) is 0 Å². The summed E-state index contributed by atoms with van der Waals surface area (Å²) in [4.78, 5) is 17.8. The van der Waals surface area contributed by atoms with E-state index in [4.69, 9.17) is 14.7 Å². The maximum Gasteiger partial charge on any atom is 0.303 e. The van der Waals surface area contributed by atoms with Crippen molar-refractivity contribution in [1.82, 2.24) is 4.90 Å². The number of sulfone groups is 1. The van der Waals surface area contributed by atoms with Gasteiger partial charge < -0.3 is 14.4 Å². The number of thioether (sulfide) groups is 1. The Labute approximate surface area is 168 Å². The van der Waals surface area contributed by atoms with Gasteiger partial charge in [0.15, 0.2) is 21.1 Å². The topological polar surface area (TPSA) is 109 Å². The van der Waals surface area contributed by atoms with Crippen molar-refractivity contribution in [2.75, 3.05) is 18.6 Å². The largest absolute Gasteiger partial charge is 0.484 e. The molecule has 0 aliphatic carbocycles. The average Bonchev–Trinajstić information content (AvgIpc) is 3.02. The molecular formula is C18H21N3O5S2. The number of nitriles is 1. The van der Waals surface area contributed by atoms with E-state index in [2.05, 4.69) is 4.99 Å². The highest BCUT2D eigenvalue weighted by molar-refractivity contribution is 8.14. The van der Waals surface area contributed by atoms with Crippen LogP contribution in [0, 0.1) is 11.5 Å². The Morgan fingerprint density at radius 2 is 2.18 bits per heavy atom. The van der Waals surface area contributed by atoms with Crippen LogP contribution in [0.5, 0.6) is 5.75 Å². The van der Waals surface area contributed by atoms with Gasteiger partial charge in [-0.25, -0.2) is 8.42 Å². The number of ether oxygens (including phenoxy) is 2. The zero-order chi connectivity index (χ0) is 20.7. The molecule has 0 radical (unpaired) electrons. The zero-order valence-corrected chi connectivity index (χ0v) is 17.6. The van der Waals surface area contributed by atoms with E-state index < -0.39 is 33.6 Å². The van der Waals surface area contributed by atoms with E-state index in [-0.39, 0.29) is 4.90 Å². The van der Waals surface area contributed by atoms with Crippen LogP contribution in [0.25, 0.3) is 0 Å². The van der Waals surface area contributed by atoms with Gasteiger partial charge in [-0.1, -0.05) is 11.8 Å². The zero-order valence-electron chi connectivity index (χ0n) is 16.0. The number of esters is 1. The minimum Gasteiger partial charge on any atom is -0.484 e. The van der Waals surface area contributed by atoms with Gasteiger partial charge in [-0.15, -0.1) is 4.99 Å². The standard InChI is InChI=1S/C18H21N3O5S2/c1-11(22)25-16-15(21-7-8-27-17(21)20-10-19)13-9-12(28(4,23)24)5-6-14(13)26-18(16,2)3/h5-6,9,15-16H,7-8H2,1-4H3/b20-17+/t15-,16+/m0/s1. The van der Waals surface area contributed by atoms with Crippen LogP contribution in [0.2, 0.25) is 0 Å². The van der Waals surface area contributed by atoms with Crippen molar-refractivity contribution in [2.24, 2.45) is 4.99 Å². The van der Waals surface area contributed by atoms with Gasteiger partial charge in [0.1, 0.15) is 17.4 Å². The number of aliphatic imine (C=N–C) groups is 1. The molecule has 8 nitrogen and oxygen atoms in total. The van der Waals surface area contributed by atoms with Crippen LogP contribution in [0.15, 0.2) is 28.1 Å². The smallest absolute Gasteiger partial charge is 0.303 e. The predicted octanol–water partition coefficient (Wildman–Crippen LogP) is 2.12. The quantitative estimate of drug-likeness (QED) is 0.537.